The van der Waals surface area contributed by atoms with Crippen LogP contribution in [0.3, 0.4) is 0 Å². The third kappa shape index (κ3) is 5.79. The van der Waals surface area contributed by atoms with Crippen LogP contribution in [-0.4, -0.2) is 43.7 Å². The van der Waals surface area contributed by atoms with Gasteiger partial charge in [0.2, 0.25) is 5.91 Å². The first-order chi connectivity index (χ1) is 11.7. The van der Waals surface area contributed by atoms with Crippen LogP contribution in [0.25, 0.3) is 0 Å². The van der Waals surface area contributed by atoms with Gasteiger partial charge in [-0.1, -0.05) is 6.07 Å². The van der Waals surface area contributed by atoms with E-state index in [4.69, 9.17) is 9.47 Å². The van der Waals surface area contributed by atoms with Crippen molar-refractivity contribution in [1.82, 2.24) is 4.98 Å². The Morgan fingerprint density at radius 2 is 1.88 bits per heavy atom. The maximum Gasteiger partial charge on any atom is 0.257 e. The van der Waals surface area contributed by atoms with Gasteiger partial charge >= 0.3 is 0 Å². The van der Waals surface area contributed by atoms with Crippen LogP contribution in [0.4, 0.5) is 11.4 Å². The molecule has 126 valence electrons. The maximum atomic E-state index is 12.1. The van der Waals surface area contributed by atoms with E-state index in [-0.39, 0.29) is 18.4 Å². The topological polar surface area (TPSA) is 89.5 Å². The number of hydrogen-bond donors (Lipinski definition) is 2. The van der Waals surface area contributed by atoms with Crippen molar-refractivity contribution in [2.45, 2.75) is 0 Å². The molecule has 0 aliphatic rings. The number of aromatic nitrogens is 1. The van der Waals surface area contributed by atoms with Crippen LogP contribution in [0, 0.1) is 0 Å². The third-order valence-corrected chi connectivity index (χ3v) is 2.99. The Morgan fingerprint density at radius 1 is 1.08 bits per heavy atom. The molecule has 1 aromatic carbocycles. The molecule has 1 heterocycles. The number of carbonyl (C=O) groups excluding carboxylic acids is 2. The highest BCUT2D eigenvalue weighted by Crippen LogP contribution is 2.16. The van der Waals surface area contributed by atoms with E-state index in [9.17, 15) is 9.59 Å². The summed E-state index contributed by atoms with van der Waals surface area (Å²) < 4.78 is 9.98. The molecule has 2 amide bonds. The molecule has 0 fully saturated rings. The first kappa shape index (κ1) is 17.6. The summed E-state index contributed by atoms with van der Waals surface area (Å²) in [5.41, 5.74) is 1.60. The molecule has 7 heteroatoms. The highest BCUT2D eigenvalue weighted by molar-refractivity contribution is 6.04. The lowest BCUT2D eigenvalue weighted by Gasteiger charge is -2.09. The van der Waals surface area contributed by atoms with Crippen molar-refractivity contribution in [3.05, 3.63) is 54.4 Å². The number of anilines is 2. The quantitative estimate of drug-likeness (QED) is 0.722. The van der Waals surface area contributed by atoms with Crippen molar-refractivity contribution in [3.8, 4) is 0 Å². The van der Waals surface area contributed by atoms with Crippen molar-refractivity contribution in [2.75, 3.05) is 37.6 Å². The standard InChI is InChI=1S/C17H19N3O4/c1-23-8-9-24-12-16(21)19-14-5-2-6-15(10-14)20-17(22)13-4-3-7-18-11-13/h2-7,10-11H,8-9,12H2,1H3,(H,19,21)(H,20,22). The highest BCUT2D eigenvalue weighted by atomic mass is 16.5. The molecule has 2 rings (SSSR count). The Labute approximate surface area is 140 Å². The van der Waals surface area contributed by atoms with Gasteiger partial charge in [-0.3, -0.25) is 14.6 Å². The Kier molecular flexibility index (Phi) is 6.88. The van der Waals surface area contributed by atoms with Crippen LogP contribution < -0.4 is 10.6 Å². The van der Waals surface area contributed by atoms with E-state index in [0.717, 1.165) is 0 Å². The molecule has 2 N–H and O–H groups in total. The number of ether oxygens (including phenoxy) is 2. The summed E-state index contributed by atoms with van der Waals surface area (Å²) in [7, 11) is 1.56. The monoisotopic (exact) mass is 329 g/mol. The van der Waals surface area contributed by atoms with Crippen LogP contribution in [0.1, 0.15) is 10.4 Å². The summed E-state index contributed by atoms with van der Waals surface area (Å²) in [6.07, 6.45) is 3.08. The molecule has 7 nitrogen and oxygen atoms in total. The Hall–Kier alpha value is -2.77. The molecule has 0 unspecified atom stereocenters. The summed E-state index contributed by atoms with van der Waals surface area (Å²) >= 11 is 0. The van der Waals surface area contributed by atoms with Gasteiger partial charge in [0.05, 0.1) is 18.8 Å². The largest absolute Gasteiger partial charge is 0.382 e. The summed E-state index contributed by atoms with van der Waals surface area (Å²) in [6.45, 7) is 0.726. The van der Waals surface area contributed by atoms with Crippen molar-refractivity contribution in [1.29, 1.82) is 0 Å². The molecular weight excluding hydrogens is 310 g/mol. The van der Waals surface area contributed by atoms with Crippen LogP contribution >= 0.6 is 0 Å². The van der Waals surface area contributed by atoms with Crippen LogP contribution in [0.2, 0.25) is 0 Å². The average Bonchev–Trinajstić information content (AvgIpc) is 2.60. The minimum absolute atomic E-state index is 0.0599. The first-order valence-corrected chi connectivity index (χ1v) is 7.37. The van der Waals surface area contributed by atoms with E-state index >= 15 is 0 Å². The van der Waals surface area contributed by atoms with Crippen molar-refractivity contribution in [2.24, 2.45) is 0 Å². The fraction of sp³-hybridized carbons (Fsp3) is 0.235. The number of amides is 2. The molecule has 0 aliphatic carbocycles. The van der Waals surface area contributed by atoms with E-state index < -0.39 is 0 Å². The molecule has 0 spiro atoms. The predicted molar refractivity (Wildman–Crippen MR) is 90.0 cm³/mol. The minimum atomic E-state index is -0.276. The Bertz CT molecular complexity index is 677. The second-order valence-corrected chi connectivity index (χ2v) is 4.87. The van der Waals surface area contributed by atoms with Crippen LogP contribution in [-0.2, 0) is 14.3 Å². The van der Waals surface area contributed by atoms with Gasteiger partial charge in [0, 0.05) is 30.9 Å². The number of nitrogens with zero attached hydrogens (tertiary/aromatic N) is 1. The van der Waals surface area contributed by atoms with Gasteiger partial charge in [-0.05, 0) is 30.3 Å². The molecular formula is C17H19N3O4. The Balaban J connectivity index is 1.89. The first-order valence-electron chi connectivity index (χ1n) is 7.37. The van der Waals surface area contributed by atoms with E-state index in [1.807, 2.05) is 0 Å². The van der Waals surface area contributed by atoms with Crippen molar-refractivity contribution in [3.63, 3.8) is 0 Å². The zero-order valence-corrected chi connectivity index (χ0v) is 13.3. The zero-order chi connectivity index (χ0) is 17.2. The van der Waals surface area contributed by atoms with E-state index in [2.05, 4.69) is 15.6 Å². The van der Waals surface area contributed by atoms with Gasteiger partial charge in [0.25, 0.3) is 5.91 Å². The van der Waals surface area contributed by atoms with Gasteiger partial charge in [0.15, 0.2) is 0 Å². The average molecular weight is 329 g/mol. The molecule has 0 radical (unpaired) electrons. The molecule has 0 saturated carbocycles. The zero-order valence-electron chi connectivity index (χ0n) is 13.3. The number of nitrogens with one attached hydrogen (secondary N) is 2. The number of rotatable bonds is 8. The summed E-state index contributed by atoms with van der Waals surface area (Å²) in [5.74, 6) is -0.545. The molecule has 0 aliphatic heterocycles. The van der Waals surface area contributed by atoms with Gasteiger partial charge in [0.1, 0.15) is 6.61 Å². The highest BCUT2D eigenvalue weighted by Gasteiger charge is 2.07. The lowest BCUT2D eigenvalue weighted by Crippen LogP contribution is -2.19. The summed E-state index contributed by atoms with van der Waals surface area (Å²) in [5, 5.41) is 5.46. The fourth-order valence-electron chi connectivity index (χ4n) is 1.88. The molecule has 0 saturated heterocycles. The predicted octanol–water partition coefficient (Wildman–Crippen LogP) is 1.94. The molecule has 2 aromatic rings. The third-order valence-electron chi connectivity index (χ3n) is 2.99. The van der Waals surface area contributed by atoms with Gasteiger partial charge in [-0.2, -0.15) is 0 Å². The van der Waals surface area contributed by atoms with Gasteiger partial charge < -0.3 is 20.1 Å². The van der Waals surface area contributed by atoms with Crippen LogP contribution in [0.5, 0.6) is 0 Å². The van der Waals surface area contributed by atoms with E-state index in [1.165, 1.54) is 6.20 Å². The second kappa shape index (κ2) is 9.39. The molecule has 24 heavy (non-hydrogen) atoms. The number of carbonyl (C=O) groups is 2. The van der Waals surface area contributed by atoms with Gasteiger partial charge in [-0.25, -0.2) is 0 Å². The second-order valence-electron chi connectivity index (χ2n) is 4.87. The number of hydrogen-bond acceptors (Lipinski definition) is 5. The lowest BCUT2D eigenvalue weighted by molar-refractivity contribution is -0.121. The molecule has 0 atom stereocenters. The normalized spacial score (nSPS) is 10.2. The van der Waals surface area contributed by atoms with Crippen LogP contribution in [0.15, 0.2) is 48.8 Å². The summed E-state index contributed by atoms with van der Waals surface area (Å²) in [6, 6.07) is 10.2. The summed E-state index contributed by atoms with van der Waals surface area (Å²) in [4.78, 5) is 27.7. The SMILES string of the molecule is COCCOCC(=O)Nc1cccc(NC(=O)c2cccnc2)c1. The van der Waals surface area contributed by atoms with Gasteiger partial charge in [-0.15, -0.1) is 0 Å². The Morgan fingerprint density at radius 3 is 2.58 bits per heavy atom. The minimum Gasteiger partial charge on any atom is -0.382 e. The smallest absolute Gasteiger partial charge is 0.257 e. The van der Waals surface area contributed by atoms with Crippen molar-refractivity contribution >= 4 is 23.2 Å². The fourth-order valence-corrected chi connectivity index (χ4v) is 1.88. The molecule has 0 bridgehead atoms. The number of pyridine rings is 1. The maximum absolute atomic E-state index is 12.1. The number of methoxy groups -OCH3 is 1. The van der Waals surface area contributed by atoms with E-state index in [1.54, 1.807) is 49.7 Å². The van der Waals surface area contributed by atoms with E-state index in [0.29, 0.717) is 30.2 Å². The lowest BCUT2D eigenvalue weighted by atomic mass is 10.2. The molecule has 1 aromatic heterocycles. The number of benzene rings is 1. The van der Waals surface area contributed by atoms with Crippen molar-refractivity contribution < 1.29 is 19.1 Å².